The molecule has 0 aliphatic heterocycles. The molecule has 0 bridgehead atoms. The zero-order valence-corrected chi connectivity index (χ0v) is 11.5. The van der Waals surface area contributed by atoms with E-state index in [0.29, 0.717) is 11.9 Å². The zero-order valence-electron chi connectivity index (χ0n) is 8.15. The van der Waals surface area contributed by atoms with E-state index in [2.05, 4.69) is 18.9 Å². The summed E-state index contributed by atoms with van der Waals surface area (Å²) in [4.78, 5) is 0. The lowest BCUT2D eigenvalue weighted by Crippen LogP contribution is -2.08. The van der Waals surface area contributed by atoms with E-state index in [4.69, 9.17) is 28.5 Å². The van der Waals surface area contributed by atoms with E-state index < -0.39 is 5.62 Å². The van der Waals surface area contributed by atoms with E-state index >= 15 is 0 Å². The first kappa shape index (κ1) is 13.8. The van der Waals surface area contributed by atoms with Gasteiger partial charge in [-0.15, -0.1) is 0 Å². The Hall–Kier alpha value is 0.850. The Labute approximate surface area is 95.1 Å². The predicted molar refractivity (Wildman–Crippen MR) is 70.0 cm³/mol. The van der Waals surface area contributed by atoms with E-state index in [-0.39, 0.29) is 0 Å². The summed E-state index contributed by atoms with van der Waals surface area (Å²) in [6.07, 6.45) is 1.09. The Morgan fingerprint density at radius 2 is 2.23 bits per heavy atom. The molecule has 0 aliphatic carbocycles. The van der Waals surface area contributed by atoms with Crippen LogP contribution in [0, 0.1) is 0 Å². The van der Waals surface area contributed by atoms with E-state index in [1.165, 1.54) is 5.49 Å². The van der Waals surface area contributed by atoms with Crippen molar-refractivity contribution in [2.45, 2.75) is 32.4 Å². The highest BCUT2D eigenvalue weighted by Crippen LogP contribution is 2.58. The van der Waals surface area contributed by atoms with E-state index in [1.54, 1.807) is 11.4 Å². The third kappa shape index (κ3) is 6.02. The summed E-state index contributed by atoms with van der Waals surface area (Å²) in [5.41, 5.74) is -0.488. The van der Waals surface area contributed by atoms with E-state index in [0.717, 1.165) is 6.42 Å². The molecule has 0 fully saturated rings. The molecular weight excluding hydrogens is 241 g/mol. The van der Waals surface area contributed by atoms with Crippen LogP contribution in [0.1, 0.15) is 27.2 Å². The van der Waals surface area contributed by atoms with Gasteiger partial charge in [0.2, 0.25) is 5.62 Å². The van der Waals surface area contributed by atoms with Crippen molar-refractivity contribution in [2.75, 3.05) is 6.61 Å². The van der Waals surface area contributed by atoms with Crippen molar-refractivity contribution in [1.29, 1.82) is 0 Å². The summed E-state index contributed by atoms with van der Waals surface area (Å²) in [5, 5.41) is 3.50. The van der Waals surface area contributed by atoms with Gasteiger partial charge in [0.1, 0.15) is 0 Å². The number of rotatable bonds is 7. The van der Waals surface area contributed by atoms with Crippen molar-refractivity contribution in [3.05, 3.63) is 0 Å². The summed E-state index contributed by atoms with van der Waals surface area (Å²) in [6.45, 7) is 6.87. The third-order valence-electron chi connectivity index (χ3n) is 1.40. The molecule has 2 atom stereocenters. The molecule has 0 saturated carbocycles. The molecule has 0 amide bonds. The molecule has 0 aromatic heterocycles. The van der Waals surface area contributed by atoms with Gasteiger partial charge in [0.15, 0.2) is 0 Å². The van der Waals surface area contributed by atoms with Gasteiger partial charge in [0.05, 0.1) is 12.1 Å². The van der Waals surface area contributed by atoms with Gasteiger partial charge < -0.3 is 9.61 Å². The molecule has 0 radical (unpaired) electrons. The highest BCUT2D eigenvalue weighted by Gasteiger charge is 2.19. The Bertz CT molecular complexity index is 200. The van der Waals surface area contributed by atoms with Crippen LogP contribution in [-0.2, 0) is 16.3 Å². The molecule has 0 aliphatic rings. The molecule has 78 valence electrons. The maximum absolute atomic E-state index is 5.52. The molecule has 2 nitrogen and oxygen atoms in total. The fraction of sp³-hybridized carbons (Fsp3) is 0.857. The molecule has 0 aromatic rings. The number of hydrogen-bond acceptors (Lipinski definition) is 4. The molecule has 1 N–H and O–H groups in total. The van der Waals surface area contributed by atoms with Gasteiger partial charge in [-0.05, 0) is 25.2 Å². The van der Waals surface area contributed by atoms with Gasteiger partial charge in [-0.1, -0.05) is 37.4 Å². The topological polar surface area (TPSA) is 21.3 Å². The monoisotopic (exact) mass is 257 g/mol. The maximum atomic E-state index is 5.52. The van der Waals surface area contributed by atoms with Crippen LogP contribution >= 0.6 is 29.2 Å². The molecule has 0 rings (SSSR count). The first-order valence-electron chi connectivity index (χ1n) is 4.22. The fourth-order valence-electron chi connectivity index (χ4n) is 0.644. The van der Waals surface area contributed by atoms with Crippen LogP contribution in [0.5, 0.6) is 0 Å². The van der Waals surface area contributed by atoms with Crippen LogP contribution in [0.2, 0.25) is 0 Å². The molecule has 0 saturated heterocycles. The quantitative estimate of drug-likeness (QED) is 0.556. The van der Waals surface area contributed by atoms with Crippen molar-refractivity contribution in [1.82, 2.24) is 5.09 Å². The minimum atomic E-state index is -1.95. The molecule has 13 heavy (non-hydrogen) atoms. The number of thiocarbonyl (C=S) groups is 1. The first-order valence-corrected chi connectivity index (χ1v) is 8.90. The summed E-state index contributed by atoms with van der Waals surface area (Å²) in [5.74, 6) is 0. The van der Waals surface area contributed by atoms with Crippen molar-refractivity contribution in [2.24, 2.45) is 0 Å². The molecule has 2 unspecified atom stereocenters. The Morgan fingerprint density at radius 1 is 1.62 bits per heavy atom. The average molecular weight is 257 g/mol. The predicted octanol–water partition coefficient (Wildman–Crippen LogP) is 3.33. The molecule has 6 heteroatoms. The zero-order chi connectivity index (χ0) is 10.3. The third-order valence-corrected chi connectivity index (χ3v) is 7.66. The van der Waals surface area contributed by atoms with Crippen molar-refractivity contribution in [3.8, 4) is 0 Å². The van der Waals surface area contributed by atoms with Crippen LogP contribution < -0.4 is 5.09 Å². The smallest absolute Gasteiger partial charge is 0.210 e. The van der Waals surface area contributed by atoms with Gasteiger partial charge in [-0.2, -0.15) is 0 Å². The standard InChI is InChI=1S/C7H16NOPS3/c1-4-7(3)13-10(12,8-6-11)9-5-2/h6-7H,4-5H2,1-3H3,(H,8,11,12). The fourth-order valence-corrected chi connectivity index (χ4v) is 7.28. The Morgan fingerprint density at radius 3 is 2.62 bits per heavy atom. The minimum absolute atomic E-state index is 0.514. The molecule has 0 aromatic carbocycles. The highest BCUT2D eigenvalue weighted by molar-refractivity contribution is 8.69. The summed E-state index contributed by atoms with van der Waals surface area (Å²) in [6, 6.07) is 0. The van der Waals surface area contributed by atoms with Gasteiger partial charge >= 0.3 is 0 Å². The van der Waals surface area contributed by atoms with Crippen LogP contribution in [0.15, 0.2) is 0 Å². The molecule has 0 spiro atoms. The van der Waals surface area contributed by atoms with Crippen molar-refractivity contribution >= 4 is 46.5 Å². The van der Waals surface area contributed by atoms with Gasteiger partial charge in [0, 0.05) is 5.25 Å². The highest BCUT2D eigenvalue weighted by atomic mass is 32.9. The van der Waals surface area contributed by atoms with Gasteiger partial charge in [-0.25, -0.2) is 0 Å². The summed E-state index contributed by atoms with van der Waals surface area (Å²) < 4.78 is 5.52. The SMILES string of the molecule is CCOP(=S)(NC=S)SC(C)CC. The second-order valence-electron chi connectivity index (χ2n) is 2.49. The molecule has 0 heterocycles. The van der Waals surface area contributed by atoms with Crippen LogP contribution in [0.4, 0.5) is 0 Å². The first-order chi connectivity index (χ1) is 6.08. The van der Waals surface area contributed by atoms with Crippen LogP contribution in [0.25, 0.3) is 0 Å². The van der Waals surface area contributed by atoms with Crippen LogP contribution in [0.3, 0.4) is 0 Å². The van der Waals surface area contributed by atoms with Gasteiger partial charge in [0.25, 0.3) is 0 Å². The average Bonchev–Trinajstić information content (AvgIpc) is 2.04. The van der Waals surface area contributed by atoms with E-state index in [9.17, 15) is 0 Å². The lowest BCUT2D eigenvalue weighted by atomic mass is 10.4. The van der Waals surface area contributed by atoms with Crippen molar-refractivity contribution in [3.63, 3.8) is 0 Å². The summed E-state index contributed by atoms with van der Waals surface area (Å²) in [7, 11) is 0. The van der Waals surface area contributed by atoms with Gasteiger partial charge in [-0.3, -0.25) is 0 Å². The second-order valence-corrected chi connectivity index (χ2v) is 9.66. The number of hydrogen-bond donors (Lipinski definition) is 1. The Kier molecular flexibility index (Phi) is 7.65. The van der Waals surface area contributed by atoms with Crippen molar-refractivity contribution < 1.29 is 4.52 Å². The normalized spacial score (nSPS) is 17.5. The summed E-state index contributed by atoms with van der Waals surface area (Å²) >= 11 is 11.8. The largest absolute Gasteiger partial charge is 0.327 e. The second kappa shape index (κ2) is 7.18. The minimum Gasteiger partial charge on any atom is -0.327 e. The Balaban J connectivity index is 4.22. The maximum Gasteiger partial charge on any atom is 0.210 e. The number of nitrogens with one attached hydrogen (secondary N) is 1. The molecular formula is C7H16NOPS3. The lowest BCUT2D eigenvalue weighted by molar-refractivity contribution is 0.383. The lowest BCUT2D eigenvalue weighted by Gasteiger charge is -2.22. The van der Waals surface area contributed by atoms with Crippen LogP contribution in [-0.4, -0.2) is 17.3 Å². The van der Waals surface area contributed by atoms with E-state index in [1.807, 2.05) is 6.92 Å².